The minimum atomic E-state index is -1.41. The lowest BCUT2D eigenvalue weighted by Crippen LogP contribution is -2.67. The number of carbonyl (C=O) groups is 5. The Labute approximate surface area is 297 Å². The van der Waals surface area contributed by atoms with Crippen LogP contribution in [-0.2, 0) is 63.7 Å². The van der Waals surface area contributed by atoms with Crippen molar-refractivity contribution in [2.45, 2.75) is 149 Å². The van der Waals surface area contributed by atoms with Crippen LogP contribution in [0.2, 0.25) is 0 Å². The normalized spacial score (nSPS) is 21.6. The highest BCUT2D eigenvalue weighted by Gasteiger charge is 2.51. The number of rotatable bonds is 24. The van der Waals surface area contributed by atoms with Crippen LogP contribution in [0, 0.1) is 0 Å². The summed E-state index contributed by atoms with van der Waals surface area (Å²) in [4.78, 5) is 61.4. The molecule has 7 atom stereocenters. The van der Waals surface area contributed by atoms with E-state index in [2.05, 4.69) is 12.2 Å². The van der Waals surface area contributed by atoms with Crippen LogP contribution in [0.15, 0.2) is 30.3 Å². The van der Waals surface area contributed by atoms with E-state index in [0.29, 0.717) is 6.42 Å². The van der Waals surface area contributed by atoms with Gasteiger partial charge in [-0.1, -0.05) is 95.0 Å². The molecular formula is C37H57NO12. The summed E-state index contributed by atoms with van der Waals surface area (Å²) in [5.41, 5.74) is 0.891. The van der Waals surface area contributed by atoms with Crippen molar-refractivity contribution in [3.05, 3.63) is 35.9 Å². The Hall–Kier alpha value is -3.55. The number of esters is 4. The fraction of sp³-hybridized carbons (Fsp3) is 0.703. The summed E-state index contributed by atoms with van der Waals surface area (Å²) in [6, 6.07) is 8.15. The van der Waals surface area contributed by atoms with Gasteiger partial charge in [0.2, 0.25) is 5.91 Å². The molecule has 2 unspecified atom stereocenters. The quantitative estimate of drug-likeness (QED) is 0.0861. The number of hydrogen-bond donors (Lipinski definition) is 1. The average molecular weight is 709 g/mol. The maximum atomic E-state index is 13.9. The fourth-order valence-corrected chi connectivity index (χ4v) is 5.58. The SMILES string of the molecule is [2H]C(C(=O)N[C@H]1C(OCCOC(C)=O)O[C@H](COC(C)=O)[C@@H](OC(C)=O)[C@@H]1OC(C)=O)[C@@H](CCCCCCCCCCC)OCc1ccccc1. The molecule has 1 fully saturated rings. The van der Waals surface area contributed by atoms with Gasteiger partial charge in [0.15, 0.2) is 18.5 Å². The van der Waals surface area contributed by atoms with Gasteiger partial charge >= 0.3 is 23.9 Å². The molecule has 0 aliphatic carbocycles. The predicted molar refractivity (Wildman–Crippen MR) is 182 cm³/mol. The van der Waals surface area contributed by atoms with Gasteiger partial charge in [0, 0.05) is 29.1 Å². The third-order valence-corrected chi connectivity index (χ3v) is 7.92. The smallest absolute Gasteiger partial charge is 0.303 e. The summed E-state index contributed by atoms with van der Waals surface area (Å²) in [6.07, 6.45) is 3.01. The minimum Gasteiger partial charge on any atom is -0.463 e. The van der Waals surface area contributed by atoms with Crippen molar-refractivity contribution in [3.63, 3.8) is 0 Å². The molecular weight excluding hydrogens is 650 g/mol. The van der Waals surface area contributed by atoms with Crippen LogP contribution in [0.3, 0.4) is 0 Å². The number of benzene rings is 1. The van der Waals surface area contributed by atoms with E-state index in [0.717, 1.165) is 45.1 Å². The van der Waals surface area contributed by atoms with E-state index in [1.807, 2.05) is 30.3 Å². The van der Waals surface area contributed by atoms with Crippen LogP contribution in [0.1, 0.15) is 112 Å². The molecule has 0 bridgehead atoms. The lowest BCUT2D eigenvalue weighted by atomic mass is 9.95. The summed E-state index contributed by atoms with van der Waals surface area (Å²) < 4.78 is 48.3. The zero-order valence-corrected chi connectivity index (χ0v) is 30.2. The summed E-state index contributed by atoms with van der Waals surface area (Å²) in [7, 11) is 0. The van der Waals surface area contributed by atoms with Gasteiger partial charge in [0.05, 0.1) is 25.7 Å². The highest BCUT2D eigenvalue weighted by atomic mass is 16.7. The van der Waals surface area contributed by atoms with Crippen LogP contribution >= 0.6 is 0 Å². The maximum absolute atomic E-state index is 13.9. The van der Waals surface area contributed by atoms with Crippen molar-refractivity contribution in [2.75, 3.05) is 19.8 Å². The zero-order chi connectivity index (χ0) is 37.6. The van der Waals surface area contributed by atoms with E-state index < -0.39 is 79.5 Å². The molecule has 0 aromatic heterocycles. The summed E-state index contributed by atoms with van der Waals surface area (Å²) >= 11 is 0. The molecule has 1 aromatic rings. The zero-order valence-electron chi connectivity index (χ0n) is 31.2. The summed E-state index contributed by atoms with van der Waals surface area (Å²) in [5.74, 6) is -3.46. The van der Waals surface area contributed by atoms with Gasteiger partial charge in [0.25, 0.3) is 0 Å². The van der Waals surface area contributed by atoms with E-state index in [9.17, 15) is 24.0 Å². The average Bonchev–Trinajstić information content (AvgIpc) is 3.08. The second kappa shape index (κ2) is 24.6. The minimum absolute atomic E-state index is 0.161. The van der Waals surface area contributed by atoms with E-state index >= 15 is 0 Å². The Bertz CT molecular complexity index is 1200. The third kappa shape index (κ3) is 17.9. The predicted octanol–water partition coefficient (Wildman–Crippen LogP) is 5.10. The maximum Gasteiger partial charge on any atom is 0.303 e. The molecule has 1 aromatic carbocycles. The lowest BCUT2D eigenvalue weighted by molar-refractivity contribution is -0.279. The van der Waals surface area contributed by atoms with Crippen molar-refractivity contribution in [3.8, 4) is 0 Å². The van der Waals surface area contributed by atoms with Crippen LogP contribution in [0.4, 0.5) is 0 Å². The van der Waals surface area contributed by atoms with Crippen molar-refractivity contribution >= 4 is 29.8 Å². The number of nitrogens with one attached hydrogen (secondary N) is 1. The molecule has 282 valence electrons. The number of unbranched alkanes of at least 4 members (excludes halogenated alkanes) is 8. The molecule has 2 rings (SSSR count). The molecule has 1 amide bonds. The molecule has 1 aliphatic heterocycles. The summed E-state index contributed by atoms with van der Waals surface area (Å²) in [6.45, 7) is 6.34. The molecule has 0 spiro atoms. The Morgan fingerprint density at radius 1 is 0.780 bits per heavy atom. The summed E-state index contributed by atoms with van der Waals surface area (Å²) in [5, 5.41) is 2.74. The van der Waals surface area contributed by atoms with Crippen molar-refractivity contribution in [1.82, 2.24) is 5.32 Å². The van der Waals surface area contributed by atoms with E-state index in [1.165, 1.54) is 46.0 Å². The fourth-order valence-electron chi connectivity index (χ4n) is 5.58. The second-order valence-corrected chi connectivity index (χ2v) is 12.4. The van der Waals surface area contributed by atoms with Gasteiger partial charge in [-0.25, -0.2) is 0 Å². The number of hydrogen-bond acceptors (Lipinski definition) is 12. The second-order valence-electron chi connectivity index (χ2n) is 12.4. The van der Waals surface area contributed by atoms with Crippen molar-refractivity contribution < 1.29 is 58.5 Å². The van der Waals surface area contributed by atoms with Crippen LogP contribution in [-0.4, -0.2) is 86.4 Å². The van der Waals surface area contributed by atoms with E-state index in [4.69, 9.17) is 34.5 Å². The molecule has 13 heteroatoms. The van der Waals surface area contributed by atoms with Crippen LogP contribution in [0.5, 0.6) is 0 Å². The molecule has 1 N–H and O–H groups in total. The first-order valence-corrected chi connectivity index (χ1v) is 17.7. The molecule has 13 nitrogen and oxygen atoms in total. The Morgan fingerprint density at radius 3 is 1.98 bits per heavy atom. The highest BCUT2D eigenvalue weighted by Crippen LogP contribution is 2.28. The largest absolute Gasteiger partial charge is 0.463 e. The van der Waals surface area contributed by atoms with E-state index in [1.54, 1.807) is 0 Å². The number of carbonyl (C=O) groups excluding carboxylic acids is 5. The highest BCUT2D eigenvalue weighted by molar-refractivity contribution is 5.77. The molecule has 0 saturated carbocycles. The van der Waals surface area contributed by atoms with Gasteiger partial charge in [-0.15, -0.1) is 0 Å². The Kier molecular flexibility index (Phi) is 20.1. The molecule has 0 radical (unpaired) electrons. The van der Waals surface area contributed by atoms with Crippen molar-refractivity contribution in [1.29, 1.82) is 0 Å². The topological polar surface area (TPSA) is 162 Å². The van der Waals surface area contributed by atoms with Gasteiger partial charge in [0.1, 0.15) is 25.4 Å². The molecule has 1 saturated heterocycles. The van der Waals surface area contributed by atoms with Gasteiger partial charge in [-0.05, 0) is 12.0 Å². The number of amides is 1. The lowest BCUT2D eigenvalue weighted by Gasteiger charge is -2.45. The first-order valence-electron chi connectivity index (χ1n) is 18.3. The monoisotopic (exact) mass is 708 g/mol. The first-order chi connectivity index (χ1) is 24.4. The Balaban J connectivity index is 2.29. The third-order valence-electron chi connectivity index (χ3n) is 7.92. The molecule has 50 heavy (non-hydrogen) atoms. The van der Waals surface area contributed by atoms with Crippen LogP contribution in [0.25, 0.3) is 0 Å². The van der Waals surface area contributed by atoms with Crippen LogP contribution < -0.4 is 5.32 Å². The molecule has 1 aliphatic rings. The van der Waals surface area contributed by atoms with Crippen molar-refractivity contribution in [2.24, 2.45) is 0 Å². The van der Waals surface area contributed by atoms with Gasteiger partial charge in [-0.3, -0.25) is 24.0 Å². The van der Waals surface area contributed by atoms with Gasteiger partial charge < -0.3 is 38.5 Å². The standard InChI is InChI=1S/C37H57NO12/c1-6-7-8-9-10-11-12-13-17-20-31(47-24-30-18-15-14-16-19-30)23-33(43)38-34-36(49-29(5)42)35(48-28(4)41)32(25-46-27(3)40)50-37(34)45-22-21-44-26(2)39/h14-16,18-19,31-32,34-37H,6-13,17,20-25H2,1-5H3,(H,38,43)/t31-,32-,34-,35-,36-,37?/m1/s1/i23D/t23?,31-,32-,34-,35-,36-,37?. The molecule has 1 heterocycles. The van der Waals surface area contributed by atoms with Gasteiger partial charge in [-0.2, -0.15) is 0 Å². The number of ether oxygens (including phenoxy) is 7. The first kappa shape index (κ1) is 40.9. The Morgan fingerprint density at radius 2 is 1.38 bits per heavy atom. The van der Waals surface area contributed by atoms with E-state index in [-0.39, 0.29) is 19.8 Å².